The summed E-state index contributed by atoms with van der Waals surface area (Å²) in [4.78, 5) is 12.2. The molecule has 0 radical (unpaired) electrons. The highest BCUT2D eigenvalue weighted by atomic mass is 16.5. The molecule has 0 saturated carbocycles. The third kappa shape index (κ3) is 2.05. The van der Waals surface area contributed by atoms with E-state index in [4.69, 9.17) is 4.74 Å². The van der Waals surface area contributed by atoms with Gasteiger partial charge in [0.25, 0.3) is 0 Å². The Bertz CT molecular complexity index is 724. The predicted molar refractivity (Wildman–Crippen MR) is 71.6 cm³/mol. The van der Waals surface area contributed by atoms with Crippen molar-refractivity contribution in [2.24, 2.45) is 0 Å². The molecule has 0 aromatic heterocycles. The minimum atomic E-state index is -1.57. The van der Waals surface area contributed by atoms with Crippen LogP contribution in [-0.2, 0) is 0 Å². The number of ketones is 1. The lowest BCUT2D eigenvalue weighted by Crippen LogP contribution is -2.36. The first-order valence-corrected chi connectivity index (χ1v) is 6.22. The number of fused-ring (bicyclic) bond motifs is 1. The molecule has 2 atom stereocenters. The first-order chi connectivity index (χ1) is 9.99. The fourth-order valence-electron chi connectivity index (χ4n) is 2.38. The van der Waals surface area contributed by atoms with E-state index < -0.39 is 23.7 Å². The third-order valence-electron chi connectivity index (χ3n) is 3.37. The first kappa shape index (κ1) is 13.3. The molecule has 0 saturated heterocycles. The van der Waals surface area contributed by atoms with Gasteiger partial charge in [-0.25, -0.2) is 0 Å². The fraction of sp³-hybridized carbons (Fsp3) is 0.133. The van der Waals surface area contributed by atoms with Crippen molar-refractivity contribution in [1.82, 2.24) is 0 Å². The number of carbonyl (C=O) groups is 1. The number of para-hydroxylation sites is 1. The SMILES string of the molecule is O=C1c2c(O)cc(O)cc2OC(c2ccccc2O)C1O. The van der Waals surface area contributed by atoms with Crippen molar-refractivity contribution in [3.05, 3.63) is 47.5 Å². The molecule has 21 heavy (non-hydrogen) atoms. The summed E-state index contributed by atoms with van der Waals surface area (Å²) in [5.41, 5.74) is 0.0544. The molecular formula is C15H12O6. The Hall–Kier alpha value is -2.73. The quantitative estimate of drug-likeness (QED) is 0.633. The highest BCUT2D eigenvalue weighted by Crippen LogP contribution is 2.43. The topological polar surface area (TPSA) is 107 Å². The van der Waals surface area contributed by atoms with Crippen LogP contribution in [0.2, 0.25) is 0 Å². The Balaban J connectivity index is 2.12. The highest BCUT2D eigenvalue weighted by Gasteiger charge is 2.40. The smallest absolute Gasteiger partial charge is 0.202 e. The predicted octanol–water partition coefficient (Wildman–Crippen LogP) is 1.48. The Labute approximate surface area is 119 Å². The van der Waals surface area contributed by atoms with Crippen molar-refractivity contribution < 1.29 is 30.0 Å². The number of phenolic OH excluding ortho intramolecular Hbond substituents is 3. The van der Waals surface area contributed by atoms with E-state index in [0.717, 1.165) is 6.07 Å². The van der Waals surface area contributed by atoms with Gasteiger partial charge < -0.3 is 25.2 Å². The van der Waals surface area contributed by atoms with E-state index in [1.165, 1.54) is 18.2 Å². The number of phenols is 3. The zero-order chi connectivity index (χ0) is 15.1. The zero-order valence-corrected chi connectivity index (χ0v) is 10.7. The number of hydrogen-bond acceptors (Lipinski definition) is 6. The van der Waals surface area contributed by atoms with Crippen LogP contribution in [0.3, 0.4) is 0 Å². The van der Waals surface area contributed by atoms with Crippen LogP contribution < -0.4 is 4.74 Å². The fourth-order valence-corrected chi connectivity index (χ4v) is 2.38. The van der Waals surface area contributed by atoms with E-state index in [-0.39, 0.29) is 28.4 Å². The number of hydrogen-bond donors (Lipinski definition) is 4. The minimum absolute atomic E-state index is 0.0453. The van der Waals surface area contributed by atoms with Crippen molar-refractivity contribution in [3.8, 4) is 23.0 Å². The molecule has 6 nitrogen and oxygen atoms in total. The normalized spacial score (nSPS) is 20.7. The van der Waals surface area contributed by atoms with Gasteiger partial charge in [0, 0.05) is 17.7 Å². The van der Waals surface area contributed by atoms with Gasteiger partial charge in [-0.15, -0.1) is 0 Å². The van der Waals surface area contributed by atoms with E-state index in [1.807, 2.05) is 0 Å². The van der Waals surface area contributed by atoms with Crippen LogP contribution in [0.25, 0.3) is 0 Å². The average molecular weight is 288 g/mol. The summed E-state index contributed by atoms with van der Waals surface area (Å²) in [6.07, 6.45) is -2.69. The molecule has 2 aromatic carbocycles. The summed E-state index contributed by atoms with van der Waals surface area (Å²) in [6, 6.07) is 8.32. The van der Waals surface area contributed by atoms with Gasteiger partial charge in [-0.05, 0) is 6.07 Å². The van der Waals surface area contributed by atoms with Crippen LogP contribution in [-0.4, -0.2) is 32.3 Å². The maximum Gasteiger partial charge on any atom is 0.202 e. The Kier molecular flexibility index (Phi) is 2.95. The summed E-state index contributed by atoms with van der Waals surface area (Å²) >= 11 is 0. The maximum atomic E-state index is 12.2. The van der Waals surface area contributed by atoms with Gasteiger partial charge in [0.2, 0.25) is 5.78 Å². The number of aliphatic hydroxyl groups excluding tert-OH is 1. The second-order valence-electron chi connectivity index (χ2n) is 4.74. The summed E-state index contributed by atoms with van der Waals surface area (Å²) in [6.45, 7) is 0. The van der Waals surface area contributed by atoms with Crippen LogP contribution in [0.5, 0.6) is 23.0 Å². The Morgan fingerprint density at radius 3 is 2.43 bits per heavy atom. The van der Waals surface area contributed by atoms with Gasteiger partial charge in [0.15, 0.2) is 12.2 Å². The number of benzene rings is 2. The molecule has 0 amide bonds. The molecule has 1 heterocycles. The molecule has 1 aliphatic rings. The van der Waals surface area contributed by atoms with Crippen molar-refractivity contribution in [1.29, 1.82) is 0 Å². The summed E-state index contributed by atoms with van der Waals surface area (Å²) in [5, 5.41) is 39.1. The molecule has 0 fully saturated rings. The van der Waals surface area contributed by atoms with Gasteiger partial charge >= 0.3 is 0 Å². The Morgan fingerprint density at radius 2 is 1.71 bits per heavy atom. The zero-order valence-electron chi connectivity index (χ0n) is 10.7. The van der Waals surface area contributed by atoms with E-state index in [0.29, 0.717) is 0 Å². The minimum Gasteiger partial charge on any atom is -0.508 e. The number of ether oxygens (including phenoxy) is 1. The summed E-state index contributed by atoms with van der Waals surface area (Å²) in [7, 11) is 0. The highest BCUT2D eigenvalue weighted by molar-refractivity contribution is 6.05. The molecule has 3 rings (SSSR count). The van der Waals surface area contributed by atoms with Gasteiger partial charge in [0.05, 0.1) is 0 Å². The average Bonchev–Trinajstić information content (AvgIpc) is 2.43. The Morgan fingerprint density at radius 1 is 1.00 bits per heavy atom. The second-order valence-corrected chi connectivity index (χ2v) is 4.74. The van der Waals surface area contributed by atoms with E-state index in [1.54, 1.807) is 12.1 Å². The lowest BCUT2D eigenvalue weighted by atomic mass is 9.92. The van der Waals surface area contributed by atoms with Crippen LogP contribution in [0.4, 0.5) is 0 Å². The monoisotopic (exact) mass is 288 g/mol. The van der Waals surface area contributed by atoms with Gasteiger partial charge in [-0.3, -0.25) is 4.79 Å². The van der Waals surface area contributed by atoms with Crippen LogP contribution in [0, 0.1) is 0 Å². The van der Waals surface area contributed by atoms with Crippen LogP contribution in [0.15, 0.2) is 36.4 Å². The molecule has 2 unspecified atom stereocenters. The van der Waals surface area contributed by atoms with Crippen molar-refractivity contribution >= 4 is 5.78 Å². The van der Waals surface area contributed by atoms with Gasteiger partial charge in [-0.2, -0.15) is 0 Å². The molecule has 2 aromatic rings. The molecule has 4 N–H and O–H groups in total. The molecule has 0 spiro atoms. The number of aromatic hydroxyl groups is 3. The molecule has 0 bridgehead atoms. The number of carbonyl (C=O) groups excluding carboxylic acids is 1. The number of Topliss-reactive ketones (excluding diaryl/α,β-unsaturated/α-hetero) is 1. The molecular weight excluding hydrogens is 276 g/mol. The van der Waals surface area contributed by atoms with Crippen molar-refractivity contribution in [2.75, 3.05) is 0 Å². The van der Waals surface area contributed by atoms with E-state index in [9.17, 15) is 25.2 Å². The summed E-state index contributed by atoms with van der Waals surface area (Å²) in [5.74, 6) is -1.64. The van der Waals surface area contributed by atoms with Gasteiger partial charge in [-0.1, -0.05) is 18.2 Å². The van der Waals surface area contributed by atoms with Gasteiger partial charge in [0.1, 0.15) is 28.6 Å². The summed E-state index contributed by atoms with van der Waals surface area (Å²) < 4.78 is 5.49. The van der Waals surface area contributed by atoms with Crippen LogP contribution >= 0.6 is 0 Å². The maximum absolute atomic E-state index is 12.2. The third-order valence-corrected chi connectivity index (χ3v) is 3.37. The molecule has 108 valence electrons. The van der Waals surface area contributed by atoms with E-state index in [2.05, 4.69) is 0 Å². The van der Waals surface area contributed by atoms with Crippen molar-refractivity contribution in [2.45, 2.75) is 12.2 Å². The first-order valence-electron chi connectivity index (χ1n) is 6.22. The van der Waals surface area contributed by atoms with E-state index >= 15 is 0 Å². The molecule has 0 aliphatic carbocycles. The molecule has 6 heteroatoms. The second kappa shape index (κ2) is 4.68. The number of rotatable bonds is 1. The molecule has 1 aliphatic heterocycles. The standard InChI is InChI=1S/C15H12O6/c16-7-5-10(18)12-11(6-7)21-15(14(20)13(12)19)8-3-1-2-4-9(8)17/h1-6,14-18,20H. The lowest BCUT2D eigenvalue weighted by molar-refractivity contribution is 0.0203. The van der Waals surface area contributed by atoms with Crippen LogP contribution in [0.1, 0.15) is 22.0 Å². The van der Waals surface area contributed by atoms with Crippen molar-refractivity contribution in [3.63, 3.8) is 0 Å². The largest absolute Gasteiger partial charge is 0.508 e. The lowest BCUT2D eigenvalue weighted by Gasteiger charge is -2.30. The number of aliphatic hydroxyl groups is 1.